The number of nitrogens with zero attached hydrogens (tertiary/aromatic N) is 4. The Kier molecular flexibility index (Phi) is 4.08. The molecule has 0 spiro atoms. The number of benzene rings is 1. The van der Waals surface area contributed by atoms with Crippen molar-refractivity contribution in [1.82, 2.24) is 14.9 Å². The van der Waals surface area contributed by atoms with Crippen LogP contribution in [0.2, 0.25) is 5.02 Å². The molecule has 1 saturated heterocycles. The van der Waals surface area contributed by atoms with Gasteiger partial charge in [0.1, 0.15) is 5.82 Å². The number of likely N-dealkylation sites (N-methyl/N-ethyl adjacent to an activating group) is 1. The molecular formula is C19H19ClN4. The van der Waals surface area contributed by atoms with Gasteiger partial charge < -0.3 is 9.80 Å². The first-order chi connectivity index (χ1) is 11.7. The lowest BCUT2D eigenvalue weighted by molar-refractivity contribution is 0.312. The zero-order valence-electron chi connectivity index (χ0n) is 13.6. The molecule has 0 atom stereocenters. The fourth-order valence-corrected chi connectivity index (χ4v) is 3.28. The highest BCUT2D eigenvalue weighted by Gasteiger charge is 2.15. The molecule has 24 heavy (non-hydrogen) atoms. The van der Waals surface area contributed by atoms with Gasteiger partial charge in [0.15, 0.2) is 0 Å². The van der Waals surface area contributed by atoms with Gasteiger partial charge in [0, 0.05) is 49.5 Å². The number of rotatable bonds is 2. The van der Waals surface area contributed by atoms with E-state index in [1.54, 1.807) is 6.20 Å². The molecular weight excluding hydrogens is 320 g/mol. The third-order valence-electron chi connectivity index (χ3n) is 4.60. The zero-order chi connectivity index (χ0) is 16.5. The topological polar surface area (TPSA) is 32.3 Å². The Morgan fingerprint density at radius 3 is 2.46 bits per heavy atom. The summed E-state index contributed by atoms with van der Waals surface area (Å²) >= 11 is 6.29. The number of piperazine rings is 1. The molecule has 4 nitrogen and oxygen atoms in total. The minimum absolute atomic E-state index is 0.726. The Labute approximate surface area is 146 Å². The molecule has 4 rings (SSSR count). The van der Waals surface area contributed by atoms with Crippen LogP contribution >= 0.6 is 11.6 Å². The zero-order valence-corrected chi connectivity index (χ0v) is 14.4. The highest BCUT2D eigenvalue weighted by molar-refractivity contribution is 6.35. The molecule has 0 aliphatic carbocycles. The predicted molar refractivity (Wildman–Crippen MR) is 99.7 cm³/mol. The second kappa shape index (κ2) is 6.38. The highest BCUT2D eigenvalue weighted by atomic mass is 35.5. The number of pyridine rings is 2. The molecule has 1 aliphatic rings. The van der Waals surface area contributed by atoms with Crippen molar-refractivity contribution in [1.29, 1.82) is 0 Å². The molecule has 5 heteroatoms. The van der Waals surface area contributed by atoms with E-state index in [1.807, 2.05) is 18.3 Å². The van der Waals surface area contributed by atoms with Gasteiger partial charge in [-0.3, -0.25) is 4.98 Å². The minimum Gasteiger partial charge on any atom is -0.354 e. The fraction of sp³-hybridized carbons (Fsp3) is 0.263. The normalized spacial score (nSPS) is 15.8. The van der Waals surface area contributed by atoms with Crippen molar-refractivity contribution in [2.24, 2.45) is 0 Å². The van der Waals surface area contributed by atoms with E-state index in [2.05, 4.69) is 51.1 Å². The number of halogens is 1. The molecule has 1 aliphatic heterocycles. The van der Waals surface area contributed by atoms with E-state index < -0.39 is 0 Å². The standard InChI is InChI=1S/C19H19ClN4/c1-23-8-10-24(11-9-23)19-5-3-15(13-22-19)14-2-4-18-16(12-14)17(20)6-7-21-18/h2-7,12-13H,8-11H2,1H3. The molecule has 3 aromatic rings. The van der Waals surface area contributed by atoms with Crippen LogP contribution in [0.4, 0.5) is 5.82 Å². The van der Waals surface area contributed by atoms with Crippen molar-refractivity contribution >= 4 is 28.3 Å². The third-order valence-corrected chi connectivity index (χ3v) is 4.93. The smallest absolute Gasteiger partial charge is 0.128 e. The number of anilines is 1. The molecule has 0 saturated carbocycles. The Hall–Kier alpha value is -2.17. The summed E-state index contributed by atoms with van der Waals surface area (Å²) in [5, 5.41) is 1.70. The monoisotopic (exact) mass is 338 g/mol. The van der Waals surface area contributed by atoms with E-state index in [0.717, 1.165) is 59.0 Å². The summed E-state index contributed by atoms with van der Waals surface area (Å²) in [4.78, 5) is 13.7. The van der Waals surface area contributed by atoms with Crippen LogP contribution in [0.1, 0.15) is 0 Å². The van der Waals surface area contributed by atoms with E-state index >= 15 is 0 Å². The Morgan fingerprint density at radius 1 is 0.917 bits per heavy atom. The first-order valence-electron chi connectivity index (χ1n) is 8.15. The molecule has 3 heterocycles. The largest absolute Gasteiger partial charge is 0.354 e. The number of aromatic nitrogens is 2. The quantitative estimate of drug-likeness (QED) is 0.713. The predicted octanol–water partition coefficient (Wildman–Crippen LogP) is 3.70. The summed E-state index contributed by atoms with van der Waals surface area (Å²) in [6.45, 7) is 4.22. The van der Waals surface area contributed by atoms with Crippen LogP contribution in [-0.4, -0.2) is 48.1 Å². The van der Waals surface area contributed by atoms with Crippen LogP contribution in [0.25, 0.3) is 22.0 Å². The van der Waals surface area contributed by atoms with E-state index in [-0.39, 0.29) is 0 Å². The highest BCUT2D eigenvalue weighted by Crippen LogP contribution is 2.28. The van der Waals surface area contributed by atoms with Crippen molar-refractivity contribution in [2.75, 3.05) is 38.1 Å². The van der Waals surface area contributed by atoms with Gasteiger partial charge in [0.05, 0.1) is 10.5 Å². The maximum Gasteiger partial charge on any atom is 0.128 e. The summed E-state index contributed by atoms with van der Waals surface area (Å²) in [6.07, 6.45) is 3.68. The van der Waals surface area contributed by atoms with Crippen LogP contribution in [0, 0.1) is 0 Å². The Morgan fingerprint density at radius 2 is 1.71 bits per heavy atom. The van der Waals surface area contributed by atoms with Crippen molar-refractivity contribution < 1.29 is 0 Å². The van der Waals surface area contributed by atoms with Crippen molar-refractivity contribution in [3.63, 3.8) is 0 Å². The fourth-order valence-electron chi connectivity index (χ4n) is 3.07. The minimum atomic E-state index is 0.726. The van der Waals surface area contributed by atoms with Crippen LogP contribution in [0.3, 0.4) is 0 Å². The third kappa shape index (κ3) is 2.95. The van der Waals surface area contributed by atoms with E-state index in [9.17, 15) is 0 Å². The lowest BCUT2D eigenvalue weighted by atomic mass is 10.0. The van der Waals surface area contributed by atoms with Crippen molar-refractivity contribution in [3.8, 4) is 11.1 Å². The maximum absolute atomic E-state index is 6.29. The van der Waals surface area contributed by atoms with Crippen molar-refractivity contribution in [2.45, 2.75) is 0 Å². The second-order valence-corrected chi connectivity index (χ2v) is 6.63. The lowest BCUT2D eigenvalue weighted by Crippen LogP contribution is -2.44. The summed E-state index contributed by atoms with van der Waals surface area (Å²) in [5.41, 5.74) is 3.11. The van der Waals surface area contributed by atoms with Crippen LogP contribution in [0.5, 0.6) is 0 Å². The Bertz CT molecular complexity index is 855. The van der Waals surface area contributed by atoms with Gasteiger partial charge in [-0.1, -0.05) is 17.7 Å². The molecule has 2 aromatic heterocycles. The van der Waals surface area contributed by atoms with Gasteiger partial charge in [0.25, 0.3) is 0 Å². The average molecular weight is 339 g/mol. The lowest BCUT2D eigenvalue weighted by Gasteiger charge is -2.33. The summed E-state index contributed by atoms with van der Waals surface area (Å²) in [7, 11) is 2.16. The molecule has 0 amide bonds. The van der Waals surface area contributed by atoms with E-state index in [1.165, 1.54) is 0 Å². The molecule has 0 radical (unpaired) electrons. The molecule has 0 N–H and O–H groups in total. The summed E-state index contributed by atoms with van der Waals surface area (Å²) < 4.78 is 0. The van der Waals surface area contributed by atoms with Gasteiger partial charge >= 0.3 is 0 Å². The number of hydrogen-bond donors (Lipinski definition) is 0. The van der Waals surface area contributed by atoms with E-state index in [0.29, 0.717) is 0 Å². The molecule has 122 valence electrons. The van der Waals surface area contributed by atoms with Crippen molar-refractivity contribution in [3.05, 3.63) is 53.8 Å². The summed E-state index contributed by atoms with van der Waals surface area (Å²) in [5.74, 6) is 1.05. The second-order valence-electron chi connectivity index (χ2n) is 6.22. The van der Waals surface area contributed by atoms with Crippen LogP contribution in [-0.2, 0) is 0 Å². The van der Waals surface area contributed by atoms with Gasteiger partial charge in [-0.15, -0.1) is 0 Å². The Balaban J connectivity index is 1.62. The summed E-state index contributed by atoms with van der Waals surface area (Å²) in [6, 6.07) is 12.2. The molecule has 0 bridgehead atoms. The van der Waals surface area contributed by atoms with E-state index in [4.69, 9.17) is 11.6 Å². The molecule has 0 unspecified atom stereocenters. The van der Waals surface area contributed by atoms with Gasteiger partial charge in [-0.2, -0.15) is 0 Å². The maximum atomic E-state index is 6.29. The van der Waals surface area contributed by atoms with Gasteiger partial charge in [-0.25, -0.2) is 4.98 Å². The molecule has 1 fully saturated rings. The number of hydrogen-bond acceptors (Lipinski definition) is 4. The van der Waals surface area contributed by atoms with Gasteiger partial charge in [-0.05, 0) is 42.9 Å². The first kappa shape index (κ1) is 15.4. The SMILES string of the molecule is CN1CCN(c2ccc(-c3ccc4nccc(Cl)c4c3)cn2)CC1. The molecule has 1 aromatic carbocycles. The van der Waals surface area contributed by atoms with Crippen LogP contribution < -0.4 is 4.90 Å². The van der Waals surface area contributed by atoms with Gasteiger partial charge in [0.2, 0.25) is 0 Å². The average Bonchev–Trinajstić information content (AvgIpc) is 2.63. The first-order valence-corrected chi connectivity index (χ1v) is 8.53. The number of fused-ring (bicyclic) bond motifs is 1. The van der Waals surface area contributed by atoms with Crippen LogP contribution in [0.15, 0.2) is 48.8 Å².